The van der Waals surface area contributed by atoms with Crippen LogP contribution in [0, 0.1) is 0 Å². The van der Waals surface area contributed by atoms with Gasteiger partial charge in [-0.3, -0.25) is 9.69 Å². The molecule has 0 aromatic rings. The van der Waals surface area contributed by atoms with Crippen molar-refractivity contribution in [2.45, 2.75) is 123 Å². The average molecular weight is 458 g/mol. The van der Waals surface area contributed by atoms with Crippen LogP contribution in [0.3, 0.4) is 0 Å². The second kappa shape index (κ2) is 14.9. The van der Waals surface area contributed by atoms with Gasteiger partial charge >= 0.3 is 6.09 Å². The highest BCUT2D eigenvalue weighted by molar-refractivity contribution is 5.78. The van der Waals surface area contributed by atoms with E-state index < -0.39 is 23.8 Å². The lowest BCUT2D eigenvalue weighted by Crippen LogP contribution is -2.49. The summed E-state index contributed by atoms with van der Waals surface area (Å²) in [6.07, 6.45) is 4.84. The van der Waals surface area contributed by atoms with Gasteiger partial charge in [-0.15, -0.1) is 0 Å². The number of rotatable bonds is 15. The summed E-state index contributed by atoms with van der Waals surface area (Å²) in [4.78, 5) is 27.2. The standard InChI is InChI=1S/C25H47NO6/c1-8-11-14-29-18-21-23(31-16-13-10-3)22(30-15-12-9-2)20(17-19(4)27)26(21)24(28)32-25(5,6)7/h20-23H,8-18H2,1-7H3/t20-,21-,22-,23-/m1/s1. The number of hydrogen-bond donors (Lipinski definition) is 0. The van der Waals surface area contributed by atoms with Gasteiger partial charge in [-0.2, -0.15) is 0 Å². The molecule has 7 heteroatoms. The summed E-state index contributed by atoms with van der Waals surface area (Å²) in [5.74, 6) is 0.00695. The number of Topliss-reactive ketones (excluding diaryl/α,β-unsaturated/α-hetero) is 1. The highest BCUT2D eigenvalue weighted by atomic mass is 16.6. The highest BCUT2D eigenvalue weighted by Gasteiger charge is 2.53. The van der Waals surface area contributed by atoms with E-state index in [-0.39, 0.29) is 24.3 Å². The summed E-state index contributed by atoms with van der Waals surface area (Å²) < 4.78 is 24.3. The fraction of sp³-hybridized carbons (Fsp3) is 0.920. The van der Waals surface area contributed by atoms with Gasteiger partial charge in [-0.05, 0) is 47.0 Å². The van der Waals surface area contributed by atoms with Gasteiger partial charge in [0.25, 0.3) is 0 Å². The highest BCUT2D eigenvalue weighted by Crippen LogP contribution is 2.34. The largest absolute Gasteiger partial charge is 0.444 e. The third kappa shape index (κ3) is 9.75. The molecule has 0 aromatic carbocycles. The Labute approximate surface area is 195 Å². The number of unbranched alkanes of at least 4 members (excludes halogenated alkanes) is 3. The van der Waals surface area contributed by atoms with Gasteiger partial charge < -0.3 is 18.9 Å². The van der Waals surface area contributed by atoms with Crippen molar-refractivity contribution in [1.29, 1.82) is 0 Å². The van der Waals surface area contributed by atoms with Crippen LogP contribution in [0.5, 0.6) is 0 Å². The number of ether oxygens (including phenoxy) is 4. The second-order valence-electron chi connectivity index (χ2n) is 9.73. The zero-order valence-electron chi connectivity index (χ0n) is 21.5. The van der Waals surface area contributed by atoms with E-state index in [1.165, 1.54) is 0 Å². The van der Waals surface area contributed by atoms with Crippen molar-refractivity contribution in [3.63, 3.8) is 0 Å². The minimum absolute atomic E-state index is 0.00695. The van der Waals surface area contributed by atoms with E-state index >= 15 is 0 Å². The molecule has 4 atom stereocenters. The number of likely N-dealkylation sites (tertiary alicyclic amines) is 1. The van der Waals surface area contributed by atoms with Crippen molar-refractivity contribution in [2.24, 2.45) is 0 Å². The molecular weight excluding hydrogens is 410 g/mol. The summed E-state index contributed by atoms with van der Waals surface area (Å²) in [6.45, 7) is 15.5. The van der Waals surface area contributed by atoms with E-state index in [0.717, 1.165) is 38.5 Å². The Kier molecular flexibility index (Phi) is 13.4. The molecule has 0 saturated carbocycles. The summed E-state index contributed by atoms with van der Waals surface area (Å²) in [5, 5.41) is 0. The molecule has 0 bridgehead atoms. The molecule has 0 aromatic heterocycles. The van der Waals surface area contributed by atoms with E-state index in [2.05, 4.69) is 20.8 Å². The molecule has 7 nitrogen and oxygen atoms in total. The van der Waals surface area contributed by atoms with Gasteiger partial charge in [-0.25, -0.2) is 4.79 Å². The number of amides is 1. The van der Waals surface area contributed by atoms with Crippen LogP contribution in [0.15, 0.2) is 0 Å². The fourth-order valence-corrected chi connectivity index (χ4v) is 3.86. The first kappa shape index (κ1) is 28.9. The van der Waals surface area contributed by atoms with E-state index in [9.17, 15) is 9.59 Å². The molecule has 1 heterocycles. The zero-order chi connectivity index (χ0) is 24.1. The van der Waals surface area contributed by atoms with E-state index in [1.807, 2.05) is 20.8 Å². The van der Waals surface area contributed by atoms with Gasteiger partial charge in [0, 0.05) is 26.2 Å². The van der Waals surface area contributed by atoms with Crippen molar-refractivity contribution >= 4 is 11.9 Å². The summed E-state index contributed by atoms with van der Waals surface area (Å²) >= 11 is 0. The predicted molar refractivity (Wildman–Crippen MR) is 126 cm³/mol. The fourth-order valence-electron chi connectivity index (χ4n) is 3.86. The summed E-state index contributed by atoms with van der Waals surface area (Å²) in [7, 11) is 0. The number of nitrogens with zero attached hydrogens (tertiary/aromatic N) is 1. The van der Waals surface area contributed by atoms with Crippen LogP contribution >= 0.6 is 0 Å². The summed E-state index contributed by atoms with van der Waals surface area (Å²) in [5.41, 5.74) is -0.648. The van der Waals surface area contributed by atoms with Crippen molar-refractivity contribution in [3.05, 3.63) is 0 Å². The molecule has 1 aliphatic rings. The van der Waals surface area contributed by atoms with Crippen LogP contribution in [0.4, 0.5) is 4.79 Å². The van der Waals surface area contributed by atoms with Crippen LogP contribution in [0.1, 0.15) is 93.4 Å². The molecular formula is C25H47NO6. The van der Waals surface area contributed by atoms with Gasteiger partial charge in [0.1, 0.15) is 23.6 Å². The molecule has 0 unspecified atom stereocenters. The molecule has 1 fully saturated rings. The first-order chi connectivity index (χ1) is 15.2. The minimum Gasteiger partial charge on any atom is -0.444 e. The Hall–Kier alpha value is -1.18. The molecule has 0 N–H and O–H groups in total. The van der Waals surface area contributed by atoms with Crippen molar-refractivity contribution in [2.75, 3.05) is 26.4 Å². The SMILES string of the molecule is CCCCOC[C@@H]1[C@@H](OCCCC)[C@H](OCCCC)[C@@H](CC(C)=O)N1C(=O)OC(C)(C)C. The maximum absolute atomic E-state index is 13.3. The first-order valence-electron chi connectivity index (χ1n) is 12.5. The van der Waals surface area contributed by atoms with Crippen LogP contribution in [0.25, 0.3) is 0 Å². The molecule has 32 heavy (non-hydrogen) atoms. The monoisotopic (exact) mass is 457 g/mol. The number of hydrogen-bond acceptors (Lipinski definition) is 6. The lowest BCUT2D eigenvalue weighted by Gasteiger charge is -2.33. The first-order valence-corrected chi connectivity index (χ1v) is 12.5. The molecule has 0 aliphatic carbocycles. The van der Waals surface area contributed by atoms with Crippen LogP contribution in [0.2, 0.25) is 0 Å². The zero-order valence-corrected chi connectivity index (χ0v) is 21.5. The van der Waals surface area contributed by atoms with Gasteiger partial charge in [0.2, 0.25) is 0 Å². The van der Waals surface area contributed by atoms with Crippen LogP contribution in [-0.4, -0.2) is 73.1 Å². The smallest absolute Gasteiger partial charge is 0.411 e. The van der Waals surface area contributed by atoms with E-state index in [1.54, 1.807) is 11.8 Å². The average Bonchev–Trinajstić information content (AvgIpc) is 2.96. The number of ketones is 1. The molecule has 188 valence electrons. The Balaban J connectivity index is 3.27. The molecule has 0 spiro atoms. The van der Waals surface area contributed by atoms with Crippen molar-refractivity contribution in [1.82, 2.24) is 4.90 Å². The maximum Gasteiger partial charge on any atom is 0.411 e. The van der Waals surface area contributed by atoms with E-state index in [4.69, 9.17) is 18.9 Å². The molecule has 0 radical (unpaired) electrons. The Morgan fingerprint density at radius 2 is 1.31 bits per heavy atom. The quantitative estimate of drug-likeness (QED) is 0.317. The molecule has 1 aliphatic heterocycles. The Morgan fingerprint density at radius 3 is 1.78 bits per heavy atom. The van der Waals surface area contributed by atoms with E-state index in [0.29, 0.717) is 26.4 Å². The second-order valence-corrected chi connectivity index (χ2v) is 9.73. The van der Waals surface area contributed by atoms with Crippen LogP contribution < -0.4 is 0 Å². The molecule has 1 saturated heterocycles. The third-order valence-electron chi connectivity index (χ3n) is 5.44. The van der Waals surface area contributed by atoms with Gasteiger partial charge in [-0.1, -0.05) is 40.0 Å². The number of carbonyl (C=O) groups excluding carboxylic acids is 2. The van der Waals surface area contributed by atoms with Crippen molar-refractivity contribution < 1.29 is 28.5 Å². The molecule has 1 rings (SSSR count). The van der Waals surface area contributed by atoms with Crippen molar-refractivity contribution in [3.8, 4) is 0 Å². The molecule has 1 amide bonds. The Bertz CT molecular complexity index is 547. The lowest BCUT2D eigenvalue weighted by atomic mass is 10.0. The Morgan fingerprint density at radius 1 is 0.812 bits per heavy atom. The van der Waals surface area contributed by atoms with Gasteiger partial charge in [0.15, 0.2) is 0 Å². The minimum atomic E-state index is -0.648. The lowest BCUT2D eigenvalue weighted by molar-refractivity contribution is -0.119. The topological polar surface area (TPSA) is 74.3 Å². The third-order valence-corrected chi connectivity index (χ3v) is 5.44. The predicted octanol–water partition coefficient (Wildman–Crippen LogP) is 5.14. The number of carbonyl (C=O) groups is 2. The van der Waals surface area contributed by atoms with Gasteiger partial charge in [0.05, 0.1) is 18.7 Å². The maximum atomic E-state index is 13.3. The normalized spacial score (nSPS) is 23.5. The van der Waals surface area contributed by atoms with Crippen LogP contribution in [-0.2, 0) is 23.7 Å². The summed E-state index contributed by atoms with van der Waals surface area (Å²) in [6, 6.07) is -0.805.